The maximum absolute atomic E-state index is 10.3. The van der Waals surface area contributed by atoms with Crippen LogP contribution in [0.15, 0.2) is 12.2 Å². The van der Waals surface area contributed by atoms with E-state index in [1.54, 1.807) is 0 Å². The molecular formula is C28H48O. The Bertz CT molecular complexity index is 607. The Morgan fingerprint density at radius 3 is 2.21 bits per heavy atom. The minimum absolute atomic E-state index is 0.0183. The van der Waals surface area contributed by atoms with E-state index in [1.165, 1.54) is 44.9 Å². The molecule has 0 amide bonds. The fourth-order valence-corrected chi connectivity index (χ4v) is 8.85. The maximum atomic E-state index is 10.3. The molecule has 0 spiro atoms. The number of hydrogen-bond acceptors (Lipinski definition) is 1. The summed E-state index contributed by atoms with van der Waals surface area (Å²) in [5, 5.41) is 10.3. The summed E-state index contributed by atoms with van der Waals surface area (Å²) in [6.45, 7) is 14.9. The van der Waals surface area contributed by atoms with Crippen molar-refractivity contribution >= 4 is 0 Å². The number of aliphatic hydroxyl groups excluding tert-OH is 1. The molecule has 1 heteroatoms. The SMILES string of the molecule is CC(C)[C@@H](C)/C=C/[C@H](C)[C@H]1CC[C@H]2[C@@H]3CC[C@H]4C[C@@H](O)CC[C@]4(C)[C@H]3CC[C@]12C. The third-order valence-corrected chi connectivity index (χ3v) is 11.1. The Labute approximate surface area is 181 Å². The van der Waals surface area contributed by atoms with Crippen LogP contribution in [0.1, 0.15) is 99.3 Å². The summed E-state index contributed by atoms with van der Waals surface area (Å²) < 4.78 is 0. The van der Waals surface area contributed by atoms with Crippen molar-refractivity contribution in [1.82, 2.24) is 0 Å². The van der Waals surface area contributed by atoms with E-state index in [-0.39, 0.29) is 6.10 Å². The standard InChI is InChI=1S/C28H48O/c1-18(2)19(3)7-8-20(4)24-11-12-25-23-10-9-21-17-22(29)13-15-27(21,5)26(23)14-16-28(24,25)6/h7-8,18-26,29H,9-17H2,1-6H3/b8-7+/t19-,20-,21-,22-,23-,24+,25-,26-,27-,28+/m0/s1. The van der Waals surface area contributed by atoms with E-state index in [2.05, 4.69) is 53.7 Å². The first kappa shape index (κ1) is 21.9. The van der Waals surface area contributed by atoms with Gasteiger partial charge in [-0.05, 0) is 116 Å². The number of rotatable bonds is 4. The normalized spacial score (nSPS) is 49.5. The van der Waals surface area contributed by atoms with Crippen molar-refractivity contribution in [2.24, 2.45) is 58.2 Å². The molecule has 0 bridgehead atoms. The highest BCUT2D eigenvalue weighted by molar-refractivity contribution is 5.11. The number of fused-ring (bicyclic) bond motifs is 5. The second-order valence-corrected chi connectivity index (χ2v) is 12.7. The first-order valence-corrected chi connectivity index (χ1v) is 13.0. The molecule has 4 fully saturated rings. The van der Waals surface area contributed by atoms with E-state index in [0.717, 1.165) is 54.3 Å². The van der Waals surface area contributed by atoms with Crippen LogP contribution >= 0.6 is 0 Å². The van der Waals surface area contributed by atoms with Crippen molar-refractivity contribution in [3.63, 3.8) is 0 Å². The monoisotopic (exact) mass is 400 g/mol. The van der Waals surface area contributed by atoms with E-state index in [4.69, 9.17) is 0 Å². The van der Waals surface area contributed by atoms with Crippen molar-refractivity contribution in [3.05, 3.63) is 12.2 Å². The van der Waals surface area contributed by atoms with Gasteiger partial charge in [-0.15, -0.1) is 0 Å². The van der Waals surface area contributed by atoms with E-state index in [9.17, 15) is 5.11 Å². The summed E-state index contributed by atoms with van der Waals surface area (Å²) in [4.78, 5) is 0. The van der Waals surface area contributed by atoms with Gasteiger partial charge >= 0.3 is 0 Å². The topological polar surface area (TPSA) is 20.2 Å². The molecule has 0 radical (unpaired) electrons. The van der Waals surface area contributed by atoms with Crippen LogP contribution in [-0.4, -0.2) is 11.2 Å². The molecular weight excluding hydrogens is 352 g/mol. The van der Waals surface area contributed by atoms with Crippen molar-refractivity contribution in [3.8, 4) is 0 Å². The molecule has 0 aromatic rings. The average molecular weight is 401 g/mol. The van der Waals surface area contributed by atoms with Crippen molar-refractivity contribution < 1.29 is 5.11 Å². The Kier molecular flexibility index (Phi) is 6.04. The van der Waals surface area contributed by atoms with Crippen molar-refractivity contribution in [2.75, 3.05) is 0 Å². The van der Waals surface area contributed by atoms with Gasteiger partial charge in [0.05, 0.1) is 6.10 Å². The number of hydrogen-bond donors (Lipinski definition) is 1. The predicted molar refractivity (Wildman–Crippen MR) is 124 cm³/mol. The first-order valence-electron chi connectivity index (χ1n) is 13.0. The molecule has 0 saturated heterocycles. The molecule has 1 N–H and O–H groups in total. The maximum Gasteiger partial charge on any atom is 0.0543 e. The van der Waals surface area contributed by atoms with Gasteiger partial charge in [0.25, 0.3) is 0 Å². The second kappa shape index (κ2) is 7.99. The van der Waals surface area contributed by atoms with Crippen molar-refractivity contribution in [2.45, 2.75) is 105 Å². The summed E-state index contributed by atoms with van der Waals surface area (Å²) in [7, 11) is 0. The van der Waals surface area contributed by atoms with Crippen LogP contribution in [0.5, 0.6) is 0 Å². The van der Waals surface area contributed by atoms with Crippen LogP contribution in [0.4, 0.5) is 0 Å². The fourth-order valence-electron chi connectivity index (χ4n) is 8.85. The molecule has 4 rings (SSSR count). The first-order chi connectivity index (χ1) is 13.7. The van der Waals surface area contributed by atoms with Gasteiger partial charge in [-0.2, -0.15) is 0 Å². The average Bonchev–Trinajstić information content (AvgIpc) is 3.03. The molecule has 166 valence electrons. The summed E-state index contributed by atoms with van der Waals surface area (Å²) in [6, 6.07) is 0. The zero-order valence-electron chi connectivity index (χ0n) is 20.2. The lowest BCUT2D eigenvalue weighted by Crippen LogP contribution is -2.54. The van der Waals surface area contributed by atoms with Gasteiger partial charge < -0.3 is 5.11 Å². The Balaban J connectivity index is 1.50. The molecule has 10 atom stereocenters. The van der Waals surface area contributed by atoms with E-state index in [0.29, 0.717) is 16.7 Å². The van der Waals surface area contributed by atoms with Crippen molar-refractivity contribution in [1.29, 1.82) is 0 Å². The molecule has 0 heterocycles. The molecule has 4 aliphatic carbocycles. The summed E-state index contributed by atoms with van der Waals surface area (Å²) in [5.41, 5.74) is 1.07. The lowest BCUT2D eigenvalue weighted by molar-refractivity contribution is -0.128. The third-order valence-electron chi connectivity index (χ3n) is 11.1. The van der Waals surface area contributed by atoms with Gasteiger partial charge in [-0.3, -0.25) is 0 Å². The Hall–Kier alpha value is -0.300. The summed E-state index contributed by atoms with van der Waals surface area (Å²) >= 11 is 0. The predicted octanol–water partition coefficient (Wildman–Crippen LogP) is 7.49. The van der Waals surface area contributed by atoms with Crippen LogP contribution in [0.3, 0.4) is 0 Å². The highest BCUT2D eigenvalue weighted by Gasteiger charge is 2.60. The highest BCUT2D eigenvalue weighted by atomic mass is 16.3. The number of allylic oxidation sites excluding steroid dienone is 2. The van der Waals surface area contributed by atoms with Gasteiger partial charge in [0.2, 0.25) is 0 Å². The molecule has 0 aliphatic heterocycles. The van der Waals surface area contributed by atoms with Crippen LogP contribution in [0.2, 0.25) is 0 Å². The molecule has 29 heavy (non-hydrogen) atoms. The molecule has 0 unspecified atom stereocenters. The molecule has 1 nitrogen and oxygen atoms in total. The van der Waals surface area contributed by atoms with Crippen LogP contribution in [0, 0.1) is 58.2 Å². The van der Waals surface area contributed by atoms with Crippen LogP contribution < -0.4 is 0 Å². The number of aliphatic hydroxyl groups is 1. The van der Waals surface area contributed by atoms with E-state index in [1.807, 2.05) is 0 Å². The van der Waals surface area contributed by atoms with Gasteiger partial charge in [-0.25, -0.2) is 0 Å². The minimum atomic E-state index is -0.0183. The smallest absolute Gasteiger partial charge is 0.0543 e. The fraction of sp³-hybridized carbons (Fsp3) is 0.929. The van der Waals surface area contributed by atoms with Gasteiger partial charge in [-0.1, -0.05) is 53.7 Å². The summed E-state index contributed by atoms with van der Waals surface area (Å²) in [6.07, 6.45) is 17.1. The molecule has 0 aromatic heterocycles. The summed E-state index contributed by atoms with van der Waals surface area (Å²) in [5.74, 6) is 6.66. The van der Waals surface area contributed by atoms with Gasteiger partial charge in [0.1, 0.15) is 0 Å². The zero-order chi connectivity index (χ0) is 21.0. The molecule has 0 aromatic carbocycles. The van der Waals surface area contributed by atoms with Crippen LogP contribution in [0.25, 0.3) is 0 Å². The van der Waals surface area contributed by atoms with Crippen LogP contribution in [-0.2, 0) is 0 Å². The molecule has 4 aliphatic rings. The Morgan fingerprint density at radius 1 is 0.793 bits per heavy atom. The van der Waals surface area contributed by atoms with Gasteiger partial charge in [0.15, 0.2) is 0 Å². The lowest BCUT2D eigenvalue weighted by atomic mass is 9.44. The minimum Gasteiger partial charge on any atom is -0.393 e. The molecule has 4 saturated carbocycles. The lowest BCUT2D eigenvalue weighted by Gasteiger charge is -2.61. The zero-order valence-corrected chi connectivity index (χ0v) is 20.2. The third kappa shape index (κ3) is 3.66. The largest absolute Gasteiger partial charge is 0.393 e. The highest BCUT2D eigenvalue weighted by Crippen LogP contribution is 2.68. The Morgan fingerprint density at radius 2 is 1.48 bits per heavy atom. The van der Waals surface area contributed by atoms with Gasteiger partial charge in [0, 0.05) is 0 Å². The van der Waals surface area contributed by atoms with E-state index >= 15 is 0 Å². The quantitative estimate of drug-likeness (QED) is 0.485. The second-order valence-electron chi connectivity index (χ2n) is 12.7. The van der Waals surface area contributed by atoms with E-state index < -0.39 is 0 Å².